The molecule has 6 nitrogen and oxygen atoms in total. The third-order valence-electron chi connectivity index (χ3n) is 5.09. The summed E-state index contributed by atoms with van der Waals surface area (Å²) in [6.07, 6.45) is 1.66. The predicted octanol–water partition coefficient (Wildman–Crippen LogP) is 4.03. The molecular formula is C23H20FN3O3. The van der Waals surface area contributed by atoms with Crippen LogP contribution in [-0.2, 0) is 11.3 Å². The first-order valence-corrected chi connectivity index (χ1v) is 9.41. The van der Waals surface area contributed by atoms with Gasteiger partial charge in [0.25, 0.3) is 5.91 Å². The summed E-state index contributed by atoms with van der Waals surface area (Å²) in [6, 6.07) is 13.9. The number of rotatable bonds is 4. The molecule has 0 atom stereocenters. The molecule has 2 heterocycles. The quantitative estimate of drug-likeness (QED) is 0.508. The maximum atomic E-state index is 13.1. The summed E-state index contributed by atoms with van der Waals surface area (Å²) in [7, 11) is 0. The summed E-state index contributed by atoms with van der Waals surface area (Å²) < 4.78 is 15.1. The first kappa shape index (κ1) is 19.4. The number of phenolic OH excluding ortho intramolecular Hbond substituents is 1. The first-order chi connectivity index (χ1) is 14.3. The highest BCUT2D eigenvalue weighted by Crippen LogP contribution is 2.25. The second-order valence-electron chi connectivity index (χ2n) is 7.18. The fourth-order valence-corrected chi connectivity index (χ4v) is 3.58. The van der Waals surface area contributed by atoms with Crippen LogP contribution in [0, 0.1) is 19.7 Å². The Bertz CT molecular complexity index is 1160. The second-order valence-corrected chi connectivity index (χ2v) is 7.18. The van der Waals surface area contributed by atoms with Gasteiger partial charge in [0.05, 0.1) is 6.54 Å². The topological polar surface area (TPSA) is 74.6 Å². The number of carbonyl (C=O) groups is 2. The zero-order chi connectivity index (χ0) is 21.4. The molecule has 0 radical (unpaired) electrons. The molecule has 2 N–H and O–H groups in total. The summed E-state index contributed by atoms with van der Waals surface area (Å²) in [5.74, 6) is -0.622. The zero-order valence-corrected chi connectivity index (χ0v) is 16.5. The van der Waals surface area contributed by atoms with Crippen molar-refractivity contribution in [3.8, 4) is 11.4 Å². The number of aromatic nitrogens is 1. The van der Waals surface area contributed by atoms with Gasteiger partial charge < -0.3 is 15.0 Å². The third kappa shape index (κ3) is 3.57. The van der Waals surface area contributed by atoms with Crippen LogP contribution in [0.25, 0.3) is 11.8 Å². The lowest BCUT2D eigenvalue weighted by molar-refractivity contribution is -0.123. The van der Waals surface area contributed by atoms with E-state index in [0.29, 0.717) is 5.56 Å². The molecule has 1 aliphatic heterocycles. The molecule has 0 bridgehead atoms. The fourth-order valence-electron chi connectivity index (χ4n) is 3.58. The van der Waals surface area contributed by atoms with Crippen LogP contribution in [0.15, 0.2) is 60.3 Å². The number of hydrogen-bond donors (Lipinski definition) is 2. The molecule has 4 rings (SSSR count). The Morgan fingerprint density at radius 3 is 2.37 bits per heavy atom. The average molecular weight is 405 g/mol. The molecule has 152 valence electrons. The second kappa shape index (κ2) is 7.51. The van der Waals surface area contributed by atoms with Gasteiger partial charge in [-0.2, -0.15) is 0 Å². The summed E-state index contributed by atoms with van der Waals surface area (Å²) in [6.45, 7) is 3.93. The number of imide groups is 1. The highest BCUT2D eigenvalue weighted by Gasteiger charge is 2.33. The molecule has 1 aromatic heterocycles. The standard InChI is InChI=1S/C23H20FN3O3/c1-14-11-17(15(2)27(14)19-7-9-20(28)10-8-19)12-21-22(29)26(23(30)25-21)13-16-3-5-18(24)6-4-16/h3-12,28H,13H2,1-2H3,(H,25,30)/b21-12+. The number of hydrogen-bond acceptors (Lipinski definition) is 3. The van der Waals surface area contributed by atoms with Gasteiger partial charge in [-0.15, -0.1) is 0 Å². The van der Waals surface area contributed by atoms with Gasteiger partial charge in [-0.25, -0.2) is 9.18 Å². The van der Waals surface area contributed by atoms with E-state index in [2.05, 4.69) is 5.32 Å². The van der Waals surface area contributed by atoms with Crippen LogP contribution in [-0.4, -0.2) is 26.5 Å². The lowest BCUT2D eigenvalue weighted by Crippen LogP contribution is -2.30. The molecule has 1 saturated heterocycles. The summed E-state index contributed by atoms with van der Waals surface area (Å²) in [4.78, 5) is 26.2. The van der Waals surface area contributed by atoms with E-state index in [1.54, 1.807) is 42.5 Å². The van der Waals surface area contributed by atoms with Crippen molar-refractivity contribution in [1.82, 2.24) is 14.8 Å². The number of aromatic hydroxyl groups is 1. The van der Waals surface area contributed by atoms with Gasteiger partial charge in [0.2, 0.25) is 0 Å². The van der Waals surface area contributed by atoms with E-state index >= 15 is 0 Å². The van der Waals surface area contributed by atoms with Crippen LogP contribution < -0.4 is 5.32 Å². The number of nitrogens with zero attached hydrogens (tertiary/aromatic N) is 2. The predicted molar refractivity (Wildman–Crippen MR) is 110 cm³/mol. The highest BCUT2D eigenvalue weighted by atomic mass is 19.1. The zero-order valence-electron chi connectivity index (χ0n) is 16.5. The summed E-state index contributed by atoms with van der Waals surface area (Å²) in [5, 5.41) is 12.1. The SMILES string of the molecule is Cc1cc(/C=C2/NC(=O)N(Cc3ccc(F)cc3)C2=O)c(C)n1-c1ccc(O)cc1. The van der Waals surface area contributed by atoms with Crippen LogP contribution in [0.2, 0.25) is 0 Å². The van der Waals surface area contributed by atoms with Gasteiger partial charge in [-0.1, -0.05) is 12.1 Å². The number of urea groups is 1. The smallest absolute Gasteiger partial charge is 0.329 e. The molecule has 0 unspecified atom stereocenters. The van der Waals surface area contributed by atoms with E-state index < -0.39 is 11.9 Å². The molecule has 1 fully saturated rings. The van der Waals surface area contributed by atoms with E-state index in [4.69, 9.17) is 0 Å². The number of aryl methyl sites for hydroxylation is 1. The Kier molecular flexibility index (Phi) is 4.87. The Balaban J connectivity index is 1.61. The lowest BCUT2D eigenvalue weighted by atomic mass is 10.2. The molecule has 7 heteroatoms. The average Bonchev–Trinajstić information content (AvgIpc) is 3.14. The Hall–Kier alpha value is -3.87. The summed E-state index contributed by atoms with van der Waals surface area (Å²) in [5.41, 5.74) is 4.37. The van der Waals surface area contributed by atoms with Gasteiger partial charge in [0, 0.05) is 17.1 Å². The maximum absolute atomic E-state index is 13.1. The minimum atomic E-state index is -0.511. The van der Waals surface area contributed by atoms with Crippen molar-refractivity contribution < 1.29 is 19.1 Å². The molecule has 30 heavy (non-hydrogen) atoms. The van der Waals surface area contributed by atoms with Crippen molar-refractivity contribution in [1.29, 1.82) is 0 Å². The van der Waals surface area contributed by atoms with Crippen molar-refractivity contribution in [2.45, 2.75) is 20.4 Å². The van der Waals surface area contributed by atoms with Crippen molar-refractivity contribution in [3.05, 3.63) is 88.6 Å². The Morgan fingerprint density at radius 1 is 1.03 bits per heavy atom. The van der Waals surface area contributed by atoms with Crippen molar-refractivity contribution in [2.75, 3.05) is 0 Å². The molecule has 0 spiro atoms. The Morgan fingerprint density at radius 2 is 1.70 bits per heavy atom. The van der Waals surface area contributed by atoms with E-state index in [1.165, 1.54) is 12.1 Å². The third-order valence-corrected chi connectivity index (χ3v) is 5.09. The molecule has 0 saturated carbocycles. The van der Waals surface area contributed by atoms with Gasteiger partial charge in [0.1, 0.15) is 17.3 Å². The van der Waals surface area contributed by atoms with Crippen LogP contribution in [0.3, 0.4) is 0 Å². The van der Waals surface area contributed by atoms with E-state index in [0.717, 1.165) is 27.5 Å². The number of phenols is 1. The van der Waals surface area contributed by atoms with Gasteiger partial charge >= 0.3 is 6.03 Å². The maximum Gasteiger partial charge on any atom is 0.329 e. The largest absolute Gasteiger partial charge is 0.508 e. The lowest BCUT2D eigenvalue weighted by Gasteiger charge is -2.11. The molecule has 3 aromatic rings. The van der Waals surface area contributed by atoms with E-state index in [1.807, 2.05) is 24.5 Å². The van der Waals surface area contributed by atoms with E-state index in [9.17, 15) is 19.1 Å². The summed E-state index contributed by atoms with van der Waals surface area (Å²) >= 11 is 0. The number of benzene rings is 2. The monoisotopic (exact) mass is 405 g/mol. The van der Waals surface area contributed by atoms with Crippen molar-refractivity contribution in [3.63, 3.8) is 0 Å². The highest BCUT2D eigenvalue weighted by molar-refractivity contribution is 6.13. The molecule has 3 amide bonds. The molecule has 0 aliphatic carbocycles. The van der Waals surface area contributed by atoms with Gasteiger partial charge in [-0.3, -0.25) is 9.69 Å². The number of halogens is 1. The van der Waals surface area contributed by atoms with Crippen LogP contribution in [0.4, 0.5) is 9.18 Å². The van der Waals surface area contributed by atoms with Gasteiger partial charge in [0.15, 0.2) is 0 Å². The minimum absolute atomic E-state index is 0.0643. The van der Waals surface area contributed by atoms with E-state index in [-0.39, 0.29) is 23.8 Å². The Labute approximate surface area is 172 Å². The first-order valence-electron chi connectivity index (χ1n) is 9.41. The van der Waals surface area contributed by atoms with Crippen LogP contribution in [0.5, 0.6) is 5.75 Å². The van der Waals surface area contributed by atoms with Crippen LogP contribution in [0.1, 0.15) is 22.5 Å². The van der Waals surface area contributed by atoms with Gasteiger partial charge in [-0.05, 0) is 73.5 Å². The molecule has 1 aliphatic rings. The van der Waals surface area contributed by atoms with Crippen LogP contribution >= 0.6 is 0 Å². The normalized spacial score (nSPS) is 15.2. The molecular weight excluding hydrogens is 385 g/mol. The number of nitrogens with one attached hydrogen (secondary N) is 1. The van der Waals surface area contributed by atoms with Crippen molar-refractivity contribution >= 4 is 18.0 Å². The number of carbonyl (C=O) groups excluding carboxylic acids is 2. The fraction of sp³-hybridized carbons (Fsp3) is 0.130. The molecule has 2 aromatic carbocycles. The minimum Gasteiger partial charge on any atom is -0.508 e. The number of amides is 3. The van der Waals surface area contributed by atoms with Crippen molar-refractivity contribution in [2.24, 2.45) is 0 Å².